The molecule has 0 aromatic heterocycles. The molecule has 108 valence electrons. The van der Waals surface area contributed by atoms with Crippen molar-refractivity contribution in [1.29, 1.82) is 0 Å². The molecule has 5 heteroatoms. The molecule has 0 unspecified atom stereocenters. The minimum atomic E-state index is -0.753. The van der Waals surface area contributed by atoms with Crippen molar-refractivity contribution in [1.82, 2.24) is 9.80 Å². The number of nitrogens with zero attached hydrogens (tertiary/aromatic N) is 2. The first-order valence-electron chi connectivity index (χ1n) is 7.25. The lowest BCUT2D eigenvalue weighted by Gasteiger charge is -2.38. The molecule has 0 aromatic rings. The Balaban J connectivity index is 1.79. The number of carboxylic acid groups (broad SMARTS) is 1. The molecule has 1 saturated carbocycles. The fourth-order valence-corrected chi connectivity index (χ4v) is 3.18. The number of aliphatic carboxylic acids is 1. The van der Waals surface area contributed by atoms with Gasteiger partial charge in [0.2, 0.25) is 5.91 Å². The average molecular weight is 268 g/mol. The molecular formula is C14H24N2O3. The molecule has 1 aliphatic carbocycles. The van der Waals surface area contributed by atoms with Crippen LogP contribution in [-0.4, -0.2) is 59.5 Å². The Morgan fingerprint density at radius 3 is 2.21 bits per heavy atom. The molecule has 19 heavy (non-hydrogen) atoms. The third-order valence-corrected chi connectivity index (χ3v) is 4.52. The van der Waals surface area contributed by atoms with Gasteiger partial charge in [0.25, 0.3) is 0 Å². The van der Waals surface area contributed by atoms with E-state index in [2.05, 4.69) is 11.8 Å². The standard InChI is InChI=1S/C14H24N2O3/c1-14(5-2-3-6-14)13(19)16-10-8-15(9-11-16)7-4-12(17)18/h2-11H2,1H3,(H,17,18). The summed E-state index contributed by atoms with van der Waals surface area (Å²) in [6, 6.07) is 0. The zero-order valence-electron chi connectivity index (χ0n) is 11.7. The van der Waals surface area contributed by atoms with Crippen LogP contribution in [0.3, 0.4) is 0 Å². The van der Waals surface area contributed by atoms with E-state index in [1.165, 1.54) is 12.8 Å². The molecule has 2 aliphatic rings. The number of carboxylic acids is 1. The van der Waals surface area contributed by atoms with E-state index in [1.807, 2.05) is 4.90 Å². The zero-order chi connectivity index (χ0) is 13.9. The summed E-state index contributed by atoms with van der Waals surface area (Å²) in [4.78, 5) is 27.2. The zero-order valence-corrected chi connectivity index (χ0v) is 11.7. The fraction of sp³-hybridized carbons (Fsp3) is 0.857. The van der Waals surface area contributed by atoms with Gasteiger partial charge in [0.1, 0.15) is 0 Å². The molecule has 2 fully saturated rings. The Kier molecular flexibility index (Phi) is 4.45. The van der Waals surface area contributed by atoms with Gasteiger partial charge < -0.3 is 10.0 Å². The van der Waals surface area contributed by atoms with Crippen LogP contribution in [0.2, 0.25) is 0 Å². The summed E-state index contributed by atoms with van der Waals surface area (Å²) in [5.41, 5.74) is -0.136. The SMILES string of the molecule is CC1(C(=O)N2CCN(CCC(=O)O)CC2)CCCC1. The molecule has 0 atom stereocenters. The molecule has 2 rings (SSSR count). The van der Waals surface area contributed by atoms with Crippen LogP contribution in [0, 0.1) is 5.41 Å². The van der Waals surface area contributed by atoms with Gasteiger partial charge in [-0.3, -0.25) is 14.5 Å². The van der Waals surface area contributed by atoms with Gasteiger partial charge in [0, 0.05) is 38.1 Å². The van der Waals surface area contributed by atoms with Crippen LogP contribution in [0.4, 0.5) is 0 Å². The van der Waals surface area contributed by atoms with E-state index in [0.29, 0.717) is 12.5 Å². The third-order valence-electron chi connectivity index (χ3n) is 4.52. The Bertz CT molecular complexity index is 343. The predicted octanol–water partition coefficient (Wildman–Crippen LogP) is 1.19. The van der Waals surface area contributed by atoms with Crippen LogP contribution >= 0.6 is 0 Å². The summed E-state index contributed by atoms with van der Waals surface area (Å²) < 4.78 is 0. The second-order valence-electron chi connectivity index (χ2n) is 6.05. The number of carbonyl (C=O) groups excluding carboxylic acids is 1. The van der Waals surface area contributed by atoms with Gasteiger partial charge in [-0.1, -0.05) is 19.8 Å². The maximum absolute atomic E-state index is 12.5. The number of piperazine rings is 1. The van der Waals surface area contributed by atoms with Crippen molar-refractivity contribution in [2.24, 2.45) is 5.41 Å². The minimum Gasteiger partial charge on any atom is -0.481 e. The second kappa shape index (κ2) is 5.90. The van der Waals surface area contributed by atoms with Crippen molar-refractivity contribution >= 4 is 11.9 Å². The quantitative estimate of drug-likeness (QED) is 0.832. The Hall–Kier alpha value is -1.10. The smallest absolute Gasteiger partial charge is 0.304 e. The molecule has 0 radical (unpaired) electrons. The summed E-state index contributed by atoms with van der Waals surface area (Å²) in [5.74, 6) is -0.445. The normalized spacial score (nSPS) is 23.5. The molecule has 1 aliphatic heterocycles. The topological polar surface area (TPSA) is 60.9 Å². The van der Waals surface area contributed by atoms with Crippen LogP contribution in [0.15, 0.2) is 0 Å². The summed E-state index contributed by atoms with van der Waals surface area (Å²) >= 11 is 0. The molecule has 1 amide bonds. The van der Waals surface area contributed by atoms with Crippen LogP contribution in [0.1, 0.15) is 39.0 Å². The van der Waals surface area contributed by atoms with Gasteiger partial charge in [-0.05, 0) is 12.8 Å². The van der Waals surface area contributed by atoms with Crippen LogP contribution in [-0.2, 0) is 9.59 Å². The first-order chi connectivity index (χ1) is 9.01. The van der Waals surface area contributed by atoms with Crippen molar-refractivity contribution in [3.05, 3.63) is 0 Å². The van der Waals surface area contributed by atoms with Crippen molar-refractivity contribution in [2.45, 2.75) is 39.0 Å². The minimum absolute atomic E-state index is 0.136. The molecule has 0 bridgehead atoms. The molecule has 1 N–H and O–H groups in total. The predicted molar refractivity (Wildman–Crippen MR) is 71.8 cm³/mol. The van der Waals surface area contributed by atoms with E-state index >= 15 is 0 Å². The lowest BCUT2D eigenvalue weighted by atomic mass is 9.87. The molecular weight excluding hydrogens is 244 g/mol. The van der Waals surface area contributed by atoms with E-state index in [1.54, 1.807) is 0 Å². The van der Waals surface area contributed by atoms with Gasteiger partial charge in [-0.15, -0.1) is 0 Å². The van der Waals surface area contributed by atoms with E-state index in [4.69, 9.17) is 5.11 Å². The van der Waals surface area contributed by atoms with E-state index in [-0.39, 0.29) is 11.8 Å². The molecule has 5 nitrogen and oxygen atoms in total. The van der Waals surface area contributed by atoms with Gasteiger partial charge in [0.15, 0.2) is 0 Å². The Morgan fingerprint density at radius 2 is 1.68 bits per heavy atom. The Morgan fingerprint density at radius 1 is 1.11 bits per heavy atom. The highest BCUT2D eigenvalue weighted by Gasteiger charge is 2.39. The summed E-state index contributed by atoms with van der Waals surface area (Å²) in [7, 11) is 0. The van der Waals surface area contributed by atoms with Crippen LogP contribution in [0.5, 0.6) is 0 Å². The van der Waals surface area contributed by atoms with Crippen molar-refractivity contribution in [3.63, 3.8) is 0 Å². The molecule has 1 heterocycles. The van der Waals surface area contributed by atoms with Gasteiger partial charge >= 0.3 is 5.97 Å². The maximum atomic E-state index is 12.5. The first-order valence-corrected chi connectivity index (χ1v) is 7.25. The van der Waals surface area contributed by atoms with E-state index in [9.17, 15) is 9.59 Å². The molecule has 0 spiro atoms. The van der Waals surface area contributed by atoms with Crippen LogP contribution < -0.4 is 0 Å². The number of hydrogen-bond donors (Lipinski definition) is 1. The van der Waals surface area contributed by atoms with Gasteiger partial charge in [0.05, 0.1) is 6.42 Å². The average Bonchev–Trinajstić information content (AvgIpc) is 2.84. The highest BCUT2D eigenvalue weighted by atomic mass is 16.4. The second-order valence-corrected chi connectivity index (χ2v) is 6.05. The van der Waals surface area contributed by atoms with Gasteiger partial charge in [-0.2, -0.15) is 0 Å². The third kappa shape index (κ3) is 3.47. The summed E-state index contributed by atoms with van der Waals surface area (Å²) in [6.45, 7) is 5.78. The van der Waals surface area contributed by atoms with Crippen LogP contribution in [0.25, 0.3) is 0 Å². The lowest BCUT2D eigenvalue weighted by Crippen LogP contribution is -2.52. The monoisotopic (exact) mass is 268 g/mol. The number of hydrogen-bond acceptors (Lipinski definition) is 3. The number of carbonyl (C=O) groups is 2. The lowest BCUT2D eigenvalue weighted by molar-refractivity contribution is -0.143. The van der Waals surface area contributed by atoms with Crippen molar-refractivity contribution in [2.75, 3.05) is 32.7 Å². The maximum Gasteiger partial charge on any atom is 0.304 e. The number of amides is 1. The molecule has 0 aromatic carbocycles. The first kappa shape index (κ1) is 14.3. The van der Waals surface area contributed by atoms with Crippen molar-refractivity contribution in [3.8, 4) is 0 Å². The number of rotatable bonds is 4. The highest BCUT2D eigenvalue weighted by molar-refractivity contribution is 5.82. The fourth-order valence-electron chi connectivity index (χ4n) is 3.18. The van der Waals surface area contributed by atoms with E-state index < -0.39 is 5.97 Å². The van der Waals surface area contributed by atoms with E-state index in [0.717, 1.165) is 39.0 Å². The molecule has 1 saturated heterocycles. The highest BCUT2D eigenvalue weighted by Crippen LogP contribution is 2.39. The van der Waals surface area contributed by atoms with Gasteiger partial charge in [-0.25, -0.2) is 0 Å². The largest absolute Gasteiger partial charge is 0.481 e. The summed E-state index contributed by atoms with van der Waals surface area (Å²) in [6.07, 6.45) is 4.56. The van der Waals surface area contributed by atoms with Crippen molar-refractivity contribution < 1.29 is 14.7 Å². The Labute approximate surface area is 114 Å². The summed E-state index contributed by atoms with van der Waals surface area (Å²) in [5, 5.41) is 8.67.